The third-order valence-corrected chi connectivity index (χ3v) is 5.58. The summed E-state index contributed by atoms with van der Waals surface area (Å²) in [6, 6.07) is 20.8. The van der Waals surface area contributed by atoms with Gasteiger partial charge in [0.1, 0.15) is 0 Å². The molecule has 0 radical (unpaired) electrons. The maximum atomic E-state index is 12.0. The molecule has 1 fully saturated rings. The molecule has 0 bridgehead atoms. The highest BCUT2D eigenvalue weighted by Gasteiger charge is 2.36. The quantitative estimate of drug-likeness (QED) is 0.593. The summed E-state index contributed by atoms with van der Waals surface area (Å²) in [5.74, 6) is -0.866. The fourth-order valence-electron chi connectivity index (χ4n) is 4.16. The number of amides is 1. The van der Waals surface area contributed by atoms with E-state index in [0.29, 0.717) is 13.0 Å². The predicted molar refractivity (Wildman–Crippen MR) is 117 cm³/mol. The largest absolute Gasteiger partial charge is 0.481 e. The molecule has 3 unspecified atom stereocenters. The molecule has 2 aromatic rings. The zero-order valence-corrected chi connectivity index (χ0v) is 17.5. The Balaban J connectivity index is 1.79. The number of carbonyl (C=O) groups is 2. The van der Waals surface area contributed by atoms with Gasteiger partial charge in [-0.3, -0.25) is 14.5 Å². The van der Waals surface area contributed by atoms with Gasteiger partial charge in [0.15, 0.2) is 0 Å². The Hall–Kier alpha value is -2.70. The molecule has 0 aromatic heterocycles. The SMILES string of the molecule is CC(=O)NC1C(CCc2ccccc2)NC(c2ccccc2)CN1CCCC(=O)O. The van der Waals surface area contributed by atoms with Gasteiger partial charge in [-0.2, -0.15) is 0 Å². The van der Waals surface area contributed by atoms with E-state index in [1.807, 2.05) is 36.4 Å². The first kappa shape index (κ1) is 22.0. The molecule has 1 aliphatic rings. The van der Waals surface area contributed by atoms with Gasteiger partial charge in [-0.25, -0.2) is 0 Å². The molecule has 160 valence electrons. The minimum atomic E-state index is -0.790. The molecule has 1 saturated heterocycles. The lowest BCUT2D eigenvalue weighted by Crippen LogP contribution is -2.65. The zero-order chi connectivity index (χ0) is 21.3. The first-order chi connectivity index (χ1) is 14.5. The van der Waals surface area contributed by atoms with E-state index in [0.717, 1.165) is 19.4 Å². The molecule has 0 aliphatic carbocycles. The van der Waals surface area contributed by atoms with E-state index < -0.39 is 5.97 Å². The monoisotopic (exact) mass is 409 g/mol. The van der Waals surface area contributed by atoms with Crippen molar-refractivity contribution in [2.24, 2.45) is 0 Å². The summed E-state index contributed by atoms with van der Waals surface area (Å²) in [4.78, 5) is 25.2. The van der Waals surface area contributed by atoms with E-state index in [1.54, 1.807) is 0 Å². The number of carbonyl (C=O) groups excluding carboxylic acids is 1. The van der Waals surface area contributed by atoms with Gasteiger partial charge in [-0.1, -0.05) is 60.7 Å². The van der Waals surface area contributed by atoms with Gasteiger partial charge in [-0.05, 0) is 30.4 Å². The molecular formula is C24H31N3O3. The zero-order valence-electron chi connectivity index (χ0n) is 17.5. The van der Waals surface area contributed by atoms with Crippen LogP contribution in [0.4, 0.5) is 0 Å². The van der Waals surface area contributed by atoms with Gasteiger partial charge in [0.2, 0.25) is 5.91 Å². The van der Waals surface area contributed by atoms with Crippen LogP contribution < -0.4 is 10.6 Å². The van der Waals surface area contributed by atoms with Crippen LogP contribution in [0.25, 0.3) is 0 Å². The Labute approximate surface area is 178 Å². The van der Waals surface area contributed by atoms with Crippen molar-refractivity contribution in [3.63, 3.8) is 0 Å². The summed E-state index contributed by atoms with van der Waals surface area (Å²) in [5.41, 5.74) is 2.46. The summed E-state index contributed by atoms with van der Waals surface area (Å²) in [6.07, 6.45) is 2.28. The summed E-state index contributed by atoms with van der Waals surface area (Å²) in [6.45, 7) is 2.88. The lowest BCUT2D eigenvalue weighted by atomic mass is 9.95. The van der Waals surface area contributed by atoms with Gasteiger partial charge in [0, 0.05) is 38.5 Å². The molecular weight excluding hydrogens is 378 g/mol. The third-order valence-electron chi connectivity index (χ3n) is 5.58. The molecule has 6 heteroatoms. The van der Waals surface area contributed by atoms with Crippen LogP contribution in [0.3, 0.4) is 0 Å². The lowest BCUT2D eigenvalue weighted by Gasteiger charge is -2.46. The number of carboxylic acids is 1. The van der Waals surface area contributed by atoms with Crippen LogP contribution in [0.5, 0.6) is 0 Å². The number of aryl methyl sites for hydroxylation is 1. The summed E-state index contributed by atoms with van der Waals surface area (Å²) in [5, 5.41) is 15.9. The van der Waals surface area contributed by atoms with E-state index in [2.05, 4.69) is 39.8 Å². The minimum Gasteiger partial charge on any atom is -0.481 e. The number of hydrogen-bond acceptors (Lipinski definition) is 4. The van der Waals surface area contributed by atoms with Crippen LogP contribution in [0.2, 0.25) is 0 Å². The Morgan fingerprint density at radius 1 is 1.10 bits per heavy atom. The maximum absolute atomic E-state index is 12.0. The number of benzene rings is 2. The smallest absolute Gasteiger partial charge is 0.303 e. The van der Waals surface area contributed by atoms with Crippen LogP contribution in [0, 0.1) is 0 Å². The average Bonchev–Trinajstić information content (AvgIpc) is 2.74. The average molecular weight is 410 g/mol. The van der Waals surface area contributed by atoms with Crippen molar-refractivity contribution in [1.29, 1.82) is 0 Å². The molecule has 3 atom stereocenters. The predicted octanol–water partition coefficient (Wildman–Crippen LogP) is 2.96. The first-order valence-corrected chi connectivity index (χ1v) is 10.6. The fraction of sp³-hybridized carbons (Fsp3) is 0.417. The van der Waals surface area contributed by atoms with Gasteiger partial charge in [0.25, 0.3) is 0 Å². The van der Waals surface area contributed by atoms with E-state index >= 15 is 0 Å². The Kier molecular flexibility index (Phi) is 7.99. The minimum absolute atomic E-state index is 0.0536. The van der Waals surface area contributed by atoms with E-state index in [9.17, 15) is 9.59 Å². The van der Waals surface area contributed by atoms with E-state index in [1.165, 1.54) is 18.1 Å². The van der Waals surface area contributed by atoms with Crippen LogP contribution in [0.15, 0.2) is 60.7 Å². The number of nitrogens with zero attached hydrogens (tertiary/aromatic N) is 1. The molecule has 3 rings (SSSR count). The molecule has 0 saturated carbocycles. The summed E-state index contributed by atoms with van der Waals surface area (Å²) >= 11 is 0. The first-order valence-electron chi connectivity index (χ1n) is 10.6. The number of rotatable bonds is 9. The Morgan fingerprint density at radius 3 is 2.40 bits per heavy atom. The Morgan fingerprint density at radius 2 is 1.77 bits per heavy atom. The molecule has 1 heterocycles. The number of aliphatic carboxylic acids is 1. The number of piperazine rings is 1. The van der Waals surface area contributed by atoms with Crippen molar-refractivity contribution < 1.29 is 14.7 Å². The van der Waals surface area contributed by atoms with Crippen molar-refractivity contribution >= 4 is 11.9 Å². The number of nitrogens with one attached hydrogen (secondary N) is 2. The van der Waals surface area contributed by atoms with Crippen molar-refractivity contribution in [3.8, 4) is 0 Å². The molecule has 30 heavy (non-hydrogen) atoms. The fourth-order valence-corrected chi connectivity index (χ4v) is 4.16. The molecule has 1 aliphatic heterocycles. The van der Waals surface area contributed by atoms with Crippen LogP contribution in [-0.4, -0.2) is 47.2 Å². The van der Waals surface area contributed by atoms with Gasteiger partial charge >= 0.3 is 5.97 Å². The van der Waals surface area contributed by atoms with Crippen LogP contribution >= 0.6 is 0 Å². The molecule has 3 N–H and O–H groups in total. The van der Waals surface area contributed by atoms with Crippen molar-refractivity contribution in [2.75, 3.05) is 13.1 Å². The maximum Gasteiger partial charge on any atom is 0.303 e. The van der Waals surface area contributed by atoms with Crippen LogP contribution in [-0.2, 0) is 16.0 Å². The second-order valence-electron chi connectivity index (χ2n) is 7.90. The second kappa shape index (κ2) is 10.9. The van der Waals surface area contributed by atoms with Crippen molar-refractivity contribution in [2.45, 2.75) is 50.9 Å². The topological polar surface area (TPSA) is 81.7 Å². The summed E-state index contributed by atoms with van der Waals surface area (Å²) < 4.78 is 0. The standard InChI is InChI=1S/C24H31N3O3/c1-18(28)25-24-21(15-14-19-9-4-2-5-10-19)26-22(20-11-6-3-7-12-20)17-27(24)16-8-13-23(29)30/h2-7,9-12,21-22,24,26H,8,13-17H2,1H3,(H,25,28)(H,29,30). The number of hydrogen-bond donors (Lipinski definition) is 3. The second-order valence-corrected chi connectivity index (χ2v) is 7.90. The van der Waals surface area contributed by atoms with Crippen LogP contribution in [0.1, 0.15) is 43.4 Å². The lowest BCUT2D eigenvalue weighted by molar-refractivity contribution is -0.137. The van der Waals surface area contributed by atoms with E-state index in [4.69, 9.17) is 5.11 Å². The normalized spacial score (nSPS) is 21.8. The Bertz CT molecular complexity index is 813. The van der Waals surface area contributed by atoms with Crippen molar-refractivity contribution in [3.05, 3.63) is 71.8 Å². The molecule has 1 amide bonds. The third kappa shape index (κ3) is 6.40. The van der Waals surface area contributed by atoms with Crippen molar-refractivity contribution in [1.82, 2.24) is 15.5 Å². The highest BCUT2D eigenvalue weighted by Crippen LogP contribution is 2.25. The highest BCUT2D eigenvalue weighted by atomic mass is 16.4. The van der Waals surface area contributed by atoms with Gasteiger partial charge in [0.05, 0.1) is 6.17 Å². The highest BCUT2D eigenvalue weighted by molar-refractivity contribution is 5.73. The van der Waals surface area contributed by atoms with Gasteiger partial charge < -0.3 is 15.7 Å². The molecule has 6 nitrogen and oxygen atoms in total. The van der Waals surface area contributed by atoms with E-state index in [-0.39, 0.29) is 30.6 Å². The summed E-state index contributed by atoms with van der Waals surface area (Å²) in [7, 11) is 0. The molecule has 0 spiro atoms. The number of carboxylic acid groups (broad SMARTS) is 1. The molecule has 2 aromatic carbocycles. The van der Waals surface area contributed by atoms with Gasteiger partial charge in [-0.15, -0.1) is 0 Å².